The third kappa shape index (κ3) is 4.36. The fourth-order valence-corrected chi connectivity index (χ4v) is 1.70. The van der Waals surface area contributed by atoms with Crippen molar-refractivity contribution in [3.63, 3.8) is 0 Å². The van der Waals surface area contributed by atoms with E-state index in [1.807, 2.05) is 20.8 Å². The summed E-state index contributed by atoms with van der Waals surface area (Å²) >= 11 is 5.88. The number of rotatable bonds is 6. The molecule has 2 N–H and O–H groups in total. The number of carbonyl (C=O) groups is 1. The van der Waals surface area contributed by atoms with Crippen LogP contribution in [0.25, 0.3) is 0 Å². The first-order valence-corrected chi connectivity index (χ1v) is 5.96. The number of nitrogens with zero attached hydrogens (tertiary/aromatic N) is 2. The average Bonchev–Trinajstić information content (AvgIpc) is 2.52. The Hall–Kier alpha value is -1.07. The molecule has 0 bridgehead atoms. The van der Waals surface area contributed by atoms with Crippen molar-refractivity contribution in [3.8, 4) is 0 Å². The smallest absolute Gasteiger partial charge is 0.320 e. The quantitative estimate of drug-likeness (QED) is 0.816. The molecule has 0 radical (unpaired) electrons. The molecule has 17 heavy (non-hydrogen) atoms. The monoisotopic (exact) mass is 259 g/mol. The number of aliphatic carboxylic acids is 1. The number of carboxylic acids is 1. The van der Waals surface area contributed by atoms with Crippen LogP contribution in [0.2, 0.25) is 5.02 Å². The highest BCUT2D eigenvalue weighted by molar-refractivity contribution is 6.31. The number of aryl methyl sites for hydroxylation is 2. The van der Waals surface area contributed by atoms with E-state index in [-0.39, 0.29) is 6.04 Å². The summed E-state index contributed by atoms with van der Waals surface area (Å²) in [5.74, 6) is -0.839. The molecule has 0 saturated carbocycles. The van der Waals surface area contributed by atoms with Gasteiger partial charge in [0.15, 0.2) is 0 Å². The van der Waals surface area contributed by atoms with Gasteiger partial charge in [0.2, 0.25) is 0 Å². The number of halogens is 1. The molecule has 0 saturated heterocycles. The van der Waals surface area contributed by atoms with E-state index in [4.69, 9.17) is 16.7 Å². The maximum Gasteiger partial charge on any atom is 0.320 e. The van der Waals surface area contributed by atoms with Crippen LogP contribution in [0.4, 0.5) is 0 Å². The third-order valence-corrected chi connectivity index (χ3v) is 2.74. The Morgan fingerprint density at radius 3 is 2.71 bits per heavy atom. The number of nitrogens with one attached hydrogen (secondary N) is 1. The van der Waals surface area contributed by atoms with Crippen LogP contribution < -0.4 is 5.32 Å². The topological polar surface area (TPSA) is 67.2 Å². The van der Waals surface area contributed by atoms with E-state index in [9.17, 15) is 4.79 Å². The lowest BCUT2D eigenvalue weighted by Crippen LogP contribution is -2.41. The van der Waals surface area contributed by atoms with E-state index < -0.39 is 12.0 Å². The standard InChI is InChI=1S/C11H18ClN3O2/c1-7(2)13-10(11(16)17)4-5-15-6-9(12)8(3)14-15/h6-7,10,13H,4-5H2,1-3H3,(H,16,17). The van der Waals surface area contributed by atoms with Crippen molar-refractivity contribution in [1.29, 1.82) is 0 Å². The molecule has 1 aromatic rings. The second kappa shape index (κ2) is 6.02. The Morgan fingerprint density at radius 1 is 1.65 bits per heavy atom. The Morgan fingerprint density at radius 2 is 2.29 bits per heavy atom. The summed E-state index contributed by atoms with van der Waals surface area (Å²) in [6.07, 6.45) is 2.19. The fourth-order valence-electron chi connectivity index (χ4n) is 1.55. The normalized spacial score (nSPS) is 13.0. The zero-order valence-corrected chi connectivity index (χ0v) is 11.0. The Bertz CT molecular complexity index is 371. The lowest BCUT2D eigenvalue weighted by atomic mass is 10.2. The fraction of sp³-hybridized carbons (Fsp3) is 0.636. The number of hydrogen-bond acceptors (Lipinski definition) is 3. The second-order valence-electron chi connectivity index (χ2n) is 4.33. The molecule has 0 aliphatic heterocycles. The Balaban J connectivity index is 2.54. The largest absolute Gasteiger partial charge is 0.480 e. The number of aromatic nitrogens is 2. The minimum atomic E-state index is -0.839. The van der Waals surface area contributed by atoms with Gasteiger partial charge < -0.3 is 10.4 Å². The summed E-state index contributed by atoms with van der Waals surface area (Å²) in [7, 11) is 0. The van der Waals surface area contributed by atoms with Crippen molar-refractivity contribution in [1.82, 2.24) is 15.1 Å². The van der Waals surface area contributed by atoms with Gasteiger partial charge in [-0.2, -0.15) is 5.10 Å². The maximum absolute atomic E-state index is 11.0. The van der Waals surface area contributed by atoms with Gasteiger partial charge in [0.1, 0.15) is 6.04 Å². The molecule has 0 amide bonds. The average molecular weight is 260 g/mol. The van der Waals surface area contributed by atoms with E-state index in [2.05, 4.69) is 10.4 Å². The number of carboxylic acid groups (broad SMARTS) is 1. The van der Waals surface area contributed by atoms with Gasteiger partial charge in [-0.3, -0.25) is 9.48 Å². The molecule has 1 unspecified atom stereocenters. The van der Waals surface area contributed by atoms with Gasteiger partial charge in [0.05, 0.1) is 10.7 Å². The molecule has 1 atom stereocenters. The van der Waals surface area contributed by atoms with Gasteiger partial charge >= 0.3 is 5.97 Å². The van der Waals surface area contributed by atoms with Crippen molar-refractivity contribution in [2.45, 2.75) is 45.8 Å². The summed E-state index contributed by atoms with van der Waals surface area (Å²) in [6.45, 7) is 6.19. The van der Waals surface area contributed by atoms with Crippen molar-refractivity contribution >= 4 is 17.6 Å². The molecule has 1 heterocycles. The Kier molecular flexibility index (Phi) is 4.96. The van der Waals surface area contributed by atoms with Crippen molar-refractivity contribution in [2.75, 3.05) is 0 Å². The first kappa shape index (κ1) is 14.0. The predicted molar refractivity (Wildman–Crippen MR) is 66.3 cm³/mol. The van der Waals surface area contributed by atoms with Crippen LogP contribution in [0.5, 0.6) is 0 Å². The first-order chi connectivity index (χ1) is 7.90. The zero-order chi connectivity index (χ0) is 13.0. The molecule has 96 valence electrons. The van der Waals surface area contributed by atoms with Crippen LogP contribution in [0, 0.1) is 6.92 Å². The van der Waals surface area contributed by atoms with Gasteiger partial charge in [-0.15, -0.1) is 0 Å². The van der Waals surface area contributed by atoms with E-state index in [1.165, 1.54) is 0 Å². The molecule has 1 aromatic heterocycles. The van der Waals surface area contributed by atoms with Crippen LogP contribution in [0.15, 0.2) is 6.20 Å². The lowest BCUT2D eigenvalue weighted by molar-refractivity contribution is -0.139. The SMILES string of the molecule is Cc1nn(CCC(NC(C)C)C(=O)O)cc1Cl. The van der Waals surface area contributed by atoms with Gasteiger partial charge in [-0.05, 0) is 13.3 Å². The molecule has 0 fully saturated rings. The number of hydrogen-bond donors (Lipinski definition) is 2. The molecule has 0 aromatic carbocycles. The van der Waals surface area contributed by atoms with E-state index in [1.54, 1.807) is 10.9 Å². The van der Waals surface area contributed by atoms with Crippen molar-refractivity contribution in [2.24, 2.45) is 0 Å². The highest BCUT2D eigenvalue weighted by Gasteiger charge is 2.18. The highest BCUT2D eigenvalue weighted by atomic mass is 35.5. The van der Waals surface area contributed by atoms with E-state index in [0.717, 1.165) is 5.69 Å². The highest BCUT2D eigenvalue weighted by Crippen LogP contribution is 2.12. The summed E-state index contributed by atoms with van der Waals surface area (Å²) in [5.41, 5.74) is 0.760. The van der Waals surface area contributed by atoms with Crippen molar-refractivity contribution in [3.05, 3.63) is 16.9 Å². The van der Waals surface area contributed by atoms with Crippen molar-refractivity contribution < 1.29 is 9.90 Å². The van der Waals surface area contributed by atoms with Gasteiger partial charge in [-0.1, -0.05) is 25.4 Å². The van der Waals surface area contributed by atoms with Crippen LogP contribution in [-0.4, -0.2) is 32.9 Å². The van der Waals surface area contributed by atoms with E-state index in [0.29, 0.717) is 18.0 Å². The second-order valence-corrected chi connectivity index (χ2v) is 4.73. The van der Waals surface area contributed by atoms with Gasteiger partial charge in [0, 0.05) is 18.8 Å². The summed E-state index contributed by atoms with van der Waals surface area (Å²) < 4.78 is 1.68. The minimum absolute atomic E-state index is 0.138. The molecule has 0 spiro atoms. The molecule has 6 heteroatoms. The molecule has 0 aliphatic carbocycles. The predicted octanol–water partition coefficient (Wildman–Crippen LogP) is 1.69. The molecule has 5 nitrogen and oxygen atoms in total. The minimum Gasteiger partial charge on any atom is -0.480 e. The zero-order valence-electron chi connectivity index (χ0n) is 10.3. The third-order valence-electron chi connectivity index (χ3n) is 2.37. The summed E-state index contributed by atoms with van der Waals surface area (Å²) in [5, 5.41) is 16.8. The summed E-state index contributed by atoms with van der Waals surface area (Å²) in [4.78, 5) is 11.0. The van der Waals surface area contributed by atoms with Crippen LogP contribution in [-0.2, 0) is 11.3 Å². The molecular weight excluding hydrogens is 242 g/mol. The lowest BCUT2D eigenvalue weighted by Gasteiger charge is -2.16. The van der Waals surface area contributed by atoms with E-state index >= 15 is 0 Å². The molecule has 0 aliphatic rings. The van der Waals surface area contributed by atoms with Crippen LogP contribution in [0.1, 0.15) is 26.0 Å². The maximum atomic E-state index is 11.0. The molecular formula is C11H18ClN3O2. The summed E-state index contributed by atoms with van der Waals surface area (Å²) in [6, 6.07) is -0.419. The molecule has 1 rings (SSSR count). The van der Waals surface area contributed by atoms with Gasteiger partial charge in [0.25, 0.3) is 0 Å². The first-order valence-electron chi connectivity index (χ1n) is 5.58. The van der Waals surface area contributed by atoms with Crippen LogP contribution in [0.3, 0.4) is 0 Å². The van der Waals surface area contributed by atoms with Crippen LogP contribution >= 0.6 is 11.6 Å². The Labute approximate surface area is 106 Å². The van der Waals surface area contributed by atoms with Gasteiger partial charge in [-0.25, -0.2) is 0 Å².